The van der Waals surface area contributed by atoms with Gasteiger partial charge in [-0.15, -0.1) is 0 Å². The lowest BCUT2D eigenvalue weighted by Crippen LogP contribution is -2.27. The third-order valence-electron chi connectivity index (χ3n) is 6.92. The Morgan fingerprint density at radius 3 is 2.70 bits per heavy atom. The van der Waals surface area contributed by atoms with E-state index in [9.17, 15) is 18.0 Å². The molecule has 0 bridgehead atoms. The molecule has 5 rings (SSSR count). The number of nitrogens with zero attached hydrogens (tertiary/aromatic N) is 3. The van der Waals surface area contributed by atoms with Gasteiger partial charge in [0.2, 0.25) is 15.6 Å². The summed E-state index contributed by atoms with van der Waals surface area (Å²) in [7, 11) is -0.787. The highest BCUT2D eigenvalue weighted by molar-refractivity contribution is 7.89. The maximum absolute atomic E-state index is 13.8. The number of H-pyrrole nitrogens is 2. The van der Waals surface area contributed by atoms with Gasteiger partial charge in [-0.25, -0.2) is 17.7 Å². The molecule has 1 aliphatic rings. The zero-order valence-corrected chi connectivity index (χ0v) is 21.8. The Labute approximate surface area is 215 Å². The Kier molecular flexibility index (Phi) is 6.47. The molecule has 0 saturated carbocycles. The number of anilines is 1. The van der Waals surface area contributed by atoms with Crippen molar-refractivity contribution in [2.45, 2.75) is 37.1 Å². The minimum absolute atomic E-state index is 0.0296. The number of aryl methyl sites for hydroxylation is 1. The Bertz CT molecular complexity index is 1640. The van der Waals surface area contributed by atoms with Gasteiger partial charge in [-0.3, -0.25) is 9.59 Å². The first kappa shape index (κ1) is 24.9. The maximum Gasteiger partial charge on any atom is 0.248 e. The molecule has 37 heavy (non-hydrogen) atoms. The summed E-state index contributed by atoms with van der Waals surface area (Å²) in [4.78, 5) is 38.2. The smallest absolute Gasteiger partial charge is 0.248 e. The molecule has 2 aromatic carbocycles. The molecule has 192 valence electrons. The molecule has 4 aromatic rings. The van der Waals surface area contributed by atoms with Crippen molar-refractivity contribution >= 4 is 32.4 Å². The summed E-state index contributed by atoms with van der Waals surface area (Å²) >= 11 is 0. The fourth-order valence-electron chi connectivity index (χ4n) is 5.02. The van der Waals surface area contributed by atoms with Gasteiger partial charge in [0.25, 0.3) is 0 Å². The standard InChI is InChI=1S/C27H29N5O4S/c1-17-13-26(34)30-22-8-6-18(14-20(17)22)15-25(33)21-16-19(37(35,36)31(2)3)7-9-23(21)32-12-4-5-24(32)27-28-10-11-29-27/h6-11,13-14,16,24H,4-5,12,15H2,1-3H3,(H,28,29)(H,30,34). The van der Waals surface area contributed by atoms with Crippen LogP contribution >= 0.6 is 0 Å². The molecule has 1 saturated heterocycles. The number of hydrogen-bond donors (Lipinski definition) is 2. The van der Waals surface area contributed by atoms with Gasteiger partial charge in [0.1, 0.15) is 5.82 Å². The second-order valence-electron chi connectivity index (χ2n) is 9.59. The molecule has 0 spiro atoms. The second kappa shape index (κ2) is 9.60. The van der Waals surface area contributed by atoms with Crippen molar-refractivity contribution in [2.24, 2.45) is 0 Å². The van der Waals surface area contributed by atoms with Crippen molar-refractivity contribution in [2.75, 3.05) is 25.5 Å². The van der Waals surface area contributed by atoms with Crippen molar-refractivity contribution in [3.63, 3.8) is 0 Å². The highest BCUT2D eigenvalue weighted by Gasteiger charge is 2.32. The Morgan fingerprint density at radius 2 is 1.97 bits per heavy atom. The number of carbonyl (C=O) groups is 1. The number of rotatable bonds is 7. The number of hydrogen-bond acceptors (Lipinski definition) is 6. The molecular formula is C27H29N5O4S. The summed E-state index contributed by atoms with van der Waals surface area (Å²) in [6.45, 7) is 2.59. The predicted octanol–water partition coefficient (Wildman–Crippen LogP) is 3.58. The topological polar surface area (TPSA) is 119 Å². The third-order valence-corrected chi connectivity index (χ3v) is 8.73. The largest absolute Gasteiger partial charge is 0.361 e. The minimum atomic E-state index is -3.73. The van der Waals surface area contributed by atoms with E-state index in [0.717, 1.165) is 46.0 Å². The summed E-state index contributed by atoms with van der Waals surface area (Å²) in [5.41, 5.74) is 3.20. The highest BCUT2D eigenvalue weighted by atomic mass is 32.2. The minimum Gasteiger partial charge on any atom is -0.361 e. The van der Waals surface area contributed by atoms with E-state index >= 15 is 0 Å². The zero-order chi connectivity index (χ0) is 26.3. The van der Waals surface area contributed by atoms with Crippen LogP contribution in [0.3, 0.4) is 0 Å². The number of aromatic nitrogens is 3. The van der Waals surface area contributed by atoms with Crippen molar-refractivity contribution in [3.8, 4) is 0 Å². The van der Waals surface area contributed by atoms with Gasteiger partial charge < -0.3 is 14.9 Å². The number of aromatic amines is 2. The van der Waals surface area contributed by atoms with Gasteiger partial charge in [-0.1, -0.05) is 6.07 Å². The van der Waals surface area contributed by atoms with Crippen LogP contribution in [0.1, 0.15) is 46.2 Å². The van der Waals surface area contributed by atoms with Gasteiger partial charge in [0, 0.05) is 67.7 Å². The third kappa shape index (κ3) is 4.70. The Hall–Kier alpha value is -3.76. The summed E-state index contributed by atoms with van der Waals surface area (Å²) in [6, 6.07) is 11.8. The average molecular weight is 520 g/mol. The van der Waals surface area contributed by atoms with Crippen molar-refractivity contribution in [3.05, 3.63) is 87.7 Å². The molecule has 1 aliphatic heterocycles. The van der Waals surface area contributed by atoms with Crippen molar-refractivity contribution in [1.82, 2.24) is 19.3 Å². The fraction of sp³-hybridized carbons (Fsp3) is 0.296. The quantitative estimate of drug-likeness (QED) is 0.360. The molecular weight excluding hydrogens is 490 g/mol. The van der Waals surface area contributed by atoms with Gasteiger partial charge in [0.05, 0.1) is 10.9 Å². The maximum atomic E-state index is 13.8. The van der Waals surface area contributed by atoms with Crippen molar-refractivity contribution < 1.29 is 13.2 Å². The van der Waals surface area contributed by atoms with E-state index in [4.69, 9.17) is 0 Å². The van der Waals surface area contributed by atoms with Crippen molar-refractivity contribution in [1.29, 1.82) is 0 Å². The van der Waals surface area contributed by atoms with Gasteiger partial charge >= 0.3 is 0 Å². The van der Waals surface area contributed by atoms with Crippen LogP contribution in [-0.4, -0.2) is 54.1 Å². The molecule has 0 aliphatic carbocycles. The molecule has 9 nitrogen and oxygen atoms in total. The van der Waals surface area contributed by atoms with Crippen LogP contribution in [0.4, 0.5) is 5.69 Å². The van der Waals surface area contributed by atoms with Crippen LogP contribution in [0, 0.1) is 6.92 Å². The SMILES string of the molecule is Cc1cc(=O)[nH]c2ccc(CC(=O)c3cc(S(=O)(=O)N(C)C)ccc3N3CCCC3c3ncc[nH]3)cc12. The van der Waals surface area contributed by atoms with Gasteiger partial charge in [-0.05, 0) is 61.2 Å². The van der Waals surface area contributed by atoms with E-state index in [1.807, 2.05) is 19.1 Å². The van der Waals surface area contributed by atoms with Crippen LogP contribution in [0.5, 0.6) is 0 Å². The monoisotopic (exact) mass is 519 g/mol. The van der Waals surface area contributed by atoms with Crippen LogP contribution < -0.4 is 10.5 Å². The van der Waals surface area contributed by atoms with E-state index in [-0.39, 0.29) is 28.7 Å². The number of fused-ring (bicyclic) bond motifs is 1. The second-order valence-corrected chi connectivity index (χ2v) is 11.7. The van der Waals surface area contributed by atoms with Crippen LogP contribution in [-0.2, 0) is 16.4 Å². The normalized spacial score (nSPS) is 16.1. The fourth-order valence-corrected chi connectivity index (χ4v) is 5.95. The Balaban J connectivity index is 1.57. The first-order valence-electron chi connectivity index (χ1n) is 12.1. The lowest BCUT2D eigenvalue weighted by molar-refractivity contribution is 0.0993. The molecule has 2 N–H and O–H groups in total. The molecule has 10 heteroatoms. The number of ketones is 1. The Morgan fingerprint density at radius 1 is 1.16 bits per heavy atom. The molecule has 1 fully saturated rings. The van der Waals surface area contributed by atoms with Gasteiger partial charge in [-0.2, -0.15) is 0 Å². The van der Waals surface area contributed by atoms with E-state index in [1.165, 1.54) is 26.2 Å². The number of pyridine rings is 1. The van der Waals surface area contributed by atoms with E-state index in [1.54, 1.807) is 30.6 Å². The average Bonchev–Trinajstić information content (AvgIpc) is 3.56. The predicted molar refractivity (Wildman–Crippen MR) is 143 cm³/mol. The number of benzene rings is 2. The summed E-state index contributed by atoms with van der Waals surface area (Å²) < 4.78 is 27.0. The van der Waals surface area contributed by atoms with E-state index in [2.05, 4.69) is 19.9 Å². The van der Waals surface area contributed by atoms with Crippen LogP contribution in [0.2, 0.25) is 0 Å². The molecule has 0 radical (unpaired) electrons. The van der Waals surface area contributed by atoms with E-state index in [0.29, 0.717) is 16.8 Å². The van der Waals surface area contributed by atoms with Crippen LogP contribution in [0.25, 0.3) is 10.9 Å². The summed E-state index contributed by atoms with van der Waals surface area (Å²) in [5, 5.41) is 0.867. The lowest BCUT2D eigenvalue weighted by atomic mass is 9.98. The van der Waals surface area contributed by atoms with Gasteiger partial charge in [0.15, 0.2) is 5.78 Å². The van der Waals surface area contributed by atoms with Crippen LogP contribution in [0.15, 0.2) is 64.5 Å². The molecule has 2 aromatic heterocycles. The number of carbonyl (C=O) groups excluding carboxylic acids is 1. The zero-order valence-electron chi connectivity index (χ0n) is 21.0. The number of Topliss-reactive ketones (excluding diaryl/α,β-unsaturated/α-hetero) is 1. The molecule has 0 amide bonds. The number of nitrogens with one attached hydrogen (secondary N) is 2. The highest BCUT2D eigenvalue weighted by Crippen LogP contribution is 2.38. The lowest BCUT2D eigenvalue weighted by Gasteiger charge is -2.28. The molecule has 3 heterocycles. The molecule has 1 atom stereocenters. The number of sulfonamides is 1. The summed E-state index contributed by atoms with van der Waals surface area (Å²) in [5.74, 6) is 0.636. The number of imidazole rings is 1. The first-order chi connectivity index (χ1) is 17.6. The first-order valence-corrected chi connectivity index (χ1v) is 13.6. The van der Waals surface area contributed by atoms with E-state index < -0.39 is 10.0 Å². The molecule has 1 unspecified atom stereocenters. The summed E-state index contributed by atoms with van der Waals surface area (Å²) in [6.07, 6.45) is 5.38.